The van der Waals surface area contributed by atoms with Crippen LogP contribution in [0.1, 0.15) is 13.8 Å². The van der Waals surface area contributed by atoms with Crippen molar-refractivity contribution in [1.82, 2.24) is 9.69 Å². The molecule has 0 aliphatic rings. The zero-order valence-electron chi connectivity index (χ0n) is 11.9. The zero-order valence-corrected chi connectivity index (χ0v) is 12.7. The van der Waals surface area contributed by atoms with Crippen LogP contribution in [0.2, 0.25) is 0 Å². The highest BCUT2D eigenvalue weighted by Gasteiger charge is 2.09. The normalized spacial score (nSPS) is 12.8. The third-order valence-corrected chi connectivity index (χ3v) is 3.62. The summed E-state index contributed by atoms with van der Waals surface area (Å²) < 4.78 is 16.1. The number of nitrogens with one attached hydrogen (secondary N) is 1. The number of nitrogens with zero attached hydrogens (tertiary/aromatic N) is 1. The van der Waals surface area contributed by atoms with Crippen molar-refractivity contribution in [2.75, 3.05) is 20.3 Å². The molecule has 0 radical (unpaired) electrons. The lowest BCUT2D eigenvalue weighted by Gasteiger charge is -2.15. The van der Waals surface area contributed by atoms with Crippen LogP contribution in [0.25, 0.3) is 10.1 Å². The van der Waals surface area contributed by atoms with E-state index in [1.807, 2.05) is 32.0 Å². The van der Waals surface area contributed by atoms with Crippen LogP contribution in [-0.2, 0) is 0 Å². The summed E-state index contributed by atoms with van der Waals surface area (Å²) in [7, 11) is 1.60. The van der Waals surface area contributed by atoms with Crippen LogP contribution in [0.4, 0.5) is 0 Å². The van der Waals surface area contributed by atoms with Crippen LogP contribution in [0.15, 0.2) is 18.2 Å². The van der Waals surface area contributed by atoms with Gasteiger partial charge in [-0.2, -0.15) is 4.37 Å². The average molecular weight is 296 g/mol. The number of fused-ring (bicyclic) bond motifs is 1. The molecule has 0 saturated carbocycles. The molecule has 1 aromatic heterocycles. The van der Waals surface area contributed by atoms with Crippen molar-refractivity contribution < 1.29 is 14.6 Å². The molecule has 1 unspecified atom stereocenters. The maximum Gasteiger partial charge on any atom is 0.233 e. The minimum Gasteiger partial charge on any atom is -0.491 e. The van der Waals surface area contributed by atoms with Crippen LogP contribution < -0.4 is 14.8 Å². The lowest BCUT2D eigenvalue weighted by molar-refractivity contribution is 0.105. The molecule has 20 heavy (non-hydrogen) atoms. The lowest BCUT2D eigenvalue weighted by Crippen LogP contribution is -2.35. The molecule has 110 valence electrons. The molecule has 1 heterocycles. The summed E-state index contributed by atoms with van der Waals surface area (Å²) in [5.74, 6) is 1.32. The largest absolute Gasteiger partial charge is 0.491 e. The van der Waals surface area contributed by atoms with Gasteiger partial charge in [0.1, 0.15) is 18.5 Å². The molecule has 5 nitrogen and oxygen atoms in total. The average Bonchev–Trinajstić information content (AvgIpc) is 2.85. The second kappa shape index (κ2) is 6.88. The topological polar surface area (TPSA) is 63.6 Å². The summed E-state index contributed by atoms with van der Waals surface area (Å²) in [5, 5.41) is 13.9. The molecule has 0 spiro atoms. The van der Waals surface area contributed by atoms with Gasteiger partial charge >= 0.3 is 0 Å². The van der Waals surface area contributed by atoms with E-state index in [0.717, 1.165) is 10.1 Å². The number of hydrogen-bond acceptors (Lipinski definition) is 6. The lowest BCUT2D eigenvalue weighted by atomic mass is 10.2. The van der Waals surface area contributed by atoms with Gasteiger partial charge in [-0.25, -0.2) is 0 Å². The molecule has 0 aliphatic heterocycles. The van der Waals surface area contributed by atoms with E-state index < -0.39 is 6.10 Å². The molecular weight excluding hydrogens is 276 g/mol. The van der Waals surface area contributed by atoms with Gasteiger partial charge in [0.25, 0.3) is 0 Å². The molecule has 0 aliphatic carbocycles. The first-order valence-electron chi connectivity index (χ1n) is 6.58. The third kappa shape index (κ3) is 3.82. The van der Waals surface area contributed by atoms with Gasteiger partial charge in [0.2, 0.25) is 5.88 Å². The molecule has 0 bridgehead atoms. The van der Waals surface area contributed by atoms with Crippen LogP contribution in [-0.4, -0.2) is 41.9 Å². The number of aromatic nitrogens is 1. The molecule has 0 saturated heterocycles. The van der Waals surface area contributed by atoms with Gasteiger partial charge in [0.15, 0.2) is 0 Å². The predicted molar refractivity (Wildman–Crippen MR) is 80.8 cm³/mol. The van der Waals surface area contributed by atoms with Crippen molar-refractivity contribution in [3.8, 4) is 11.6 Å². The highest BCUT2D eigenvalue weighted by molar-refractivity contribution is 7.13. The molecule has 0 fully saturated rings. The first-order valence-corrected chi connectivity index (χ1v) is 7.35. The Morgan fingerprint density at radius 3 is 2.90 bits per heavy atom. The molecule has 0 amide bonds. The number of hydrogen-bond donors (Lipinski definition) is 2. The molecule has 2 N–H and O–H groups in total. The summed E-state index contributed by atoms with van der Waals surface area (Å²) in [6.07, 6.45) is -0.532. The standard InChI is InChI=1S/C14H20N2O3S/c1-9(2)15-7-10(17)8-19-11-4-5-13-12(6-11)14(18-3)16-20-13/h4-6,9-10,15,17H,7-8H2,1-3H3. The van der Waals surface area contributed by atoms with E-state index in [-0.39, 0.29) is 6.61 Å². The number of benzene rings is 1. The third-order valence-electron chi connectivity index (χ3n) is 2.81. The number of rotatable bonds is 7. The van der Waals surface area contributed by atoms with E-state index in [9.17, 15) is 5.11 Å². The fourth-order valence-electron chi connectivity index (χ4n) is 1.76. The van der Waals surface area contributed by atoms with Crippen molar-refractivity contribution in [3.63, 3.8) is 0 Å². The van der Waals surface area contributed by atoms with Crippen LogP contribution >= 0.6 is 11.5 Å². The number of aliphatic hydroxyl groups excluding tert-OH is 1. The van der Waals surface area contributed by atoms with Gasteiger partial charge in [-0.3, -0.25) is 0 Å². The quantitative estimate of drug-likeness (QED) is 0.818. The SMILES string of the molecule is COc1nsc2ccc(OCC(O)CNC(C)C)cc12. The highest BCUT2D eigenvalue weighted by Crippen LogP contribution is 2.31. The van der Waals surface area contributed by atoms with E-state index in [1.165, 1.54) is 11.5 Å². The number of ether oxygens (including phenoxy) is 2. The Hall–Kier alpha value is -1.37. The van der Waals surface area contributed by atoms with Gasteiger partial charge in [0, 0.05) is 12.6 Å². The maximum atomic E-state index is 9.81. The fraction of sp³-hybridized carbons (Fsp3) is 0.500. The van der Waals surface area contributed by atoms with Crippen LogP contribution in [0, 0.1) is 0 Å². The van der Waals surface area contributed by atoms with Gasteiger partial charge in [0.05, 0.1) is 17.2 Å². The van der Waals surface area contributed by atoms with Crippen molar-refractivity contribution in [1.29, 1.82) is 0 Å². The summed E-state index contributed by atoms with van der Waals surface area (Å²) in [5.41, 5.74) is 0. The van der Waals surface area contributed by atoms with Crippen molar-refractivity contribution in [2.24, 2.45) is 0 Å². The Morgan fingerprint density at radius 2 is 2.20 bits per heavy atom. The number of methoxy groups -OCH3 is 1. The predicted octanol–water partition coefficient (Wildman–Crippen LogP) is 2.04. The first-order chi connectivity index (χ1) is 9.60. The van der Waals surface area contributed by atoms with Crippen LogP contribution in [0.3, 0.4) is 0 Å². The molecule has 1 atom stereocenters. The van der Waals surface area contributed by atoms with Crippen molar-refractivity contribution in [2.45, 2.75) is 26.0 Å². The van der Waals surface area contributed by atoms with Crippen molar-refractivity contribution >= 4 is 21.6 Å². The van der Waals surface area contributed by atoms with E-state index in [0.29, 0.717) is 24.2 Å². The summed E-state index contributed by atoms with van der Waals surface area (Å²) in [6, 6.07) is 6.06. The van der Waals surface area contributed by atoms with Gasteiger partial charge in [-0.05, 0) is 29.7 Å². The van der Waals surface area contributed by atoms with Gasteiger partial charge < -0.3 is 19.9 Å². The minimum absolute atomic E-state index is 0.255. The first kappa shape index (κ1) is 15.0. The molecular formula is C14H20N2O3S. The highest BCUT2D eigenvalue weighted by atomic mass is 32.1. The molecule has 6 heteroatoms. The van der Waals surface area contributed by atoms with Gasteiger partial charge in [-0.15, -0.1) is 0 Å². The summed E-state index contributed by atoms with van der Waals surface area (Å²) in [6.45, 7) is 4.85. The Kier molecular flexibility index (Phi) is 5.17. The Balaban J connectivity index is 1.96. The Morgan fingerprint density at radius 1 is 1.40 bits per heavy atom. The second-order valence-electron chi connectivity index (χ2n) is 4.88. The Labute approximate surface area is 122 Å². The molecule has 2 rings (SSSR count). The van der Waals surface area contributed by atoms with E-state index in [1.54, 1.807) is 7.11 Å². The zero-order chi connectivity index (χ0) is 14.5. The maximum absolute atomic E-state index is 9.81. The van der Waals surface area contributed by atoms with Crippen LogP contribution in [0.5, 0.6) is 11.6 Å². The molecule has 1 aromatic carbocycles. The van der Waals surface area contributed by atoms with Gasteiger partial charge in [-0.1, -0.05) is 13.8 Å². The molecule has 2 aromatic rings. The van der Waals surface area contributed by atoms with E-state index in [2.05, 4.69) is 9.69 Å². The van der Waals surface area contributed by atoms with Crippen molar-refractivity contribution in [3.05, 3.63) is 18.2 Å². The summed E-state index contributed by atoms with van der Waals surface area (Å²) in [4.78, 5) is 0. The Bertz CT molecular complexity index is 556. The second-order valence-corrected chi connectivity index (χ2v) is 5.68. The summed E-state index contributed by atoms with van der Waals surface area (Å²) >= 11 is 1.39. The minimum atomic E-state index is -0.532. The monoisotopic (exact) mass is 296 g/mol. The van der Waals surface area contributed by atoms with E-state index >= 15 is 0 Å². The van der Waals surface area contributed by atoms with E-state index in [4.69, 9.17) is 9.47 Å². The smallest absolute Gasteiger partial charge is 0.233 e. The number of aliphatic hydroxyl groups is 1. The fourth-order valence-corrected chi connectivity index (χ4v) is 2.48.